The van der Waals surface area contributed by atoms with Gasteiger partial charge in [-0.2, -0.15) is 0 Å². The number of carbonyl (C=O) groups is 1. The van der Waals surface area contributed by atoms with E-state index in [2.05, 4.69) is 13.8 Å². The van der Waals surface area contributed by atoms with Gasteiger partial charge in [0.15, 0.2) is 0 Å². The van der Waals surface area contributed by atoms with Gasteiger partial charge in [0.05, 0.1) is 0 Å². The largest absolute Gasteiger partial charge is 0.462 e. The first-order chi connectivity index (χ1) is 6.63. The molecule has 3 atom stereocenters. The van der Waals surface area contributed by atoms with Crippen LogP contribution in [0, 0.1) is 11.8 Å². The Labute approximate surface area is 87.0 Å². The minimum atomic E-state index is -0.120. The summed E-state index contributed by atoms with van der Waals surface area (Å²) in [6.45, 7) is 5.96. The second kappa shape index (κ2) is 5.38. The van der Waals surface area contributed by atoms with Crippen LogP contribution in [0.15, 0.2) is 0 Å². The summed E-state index contributed by atoms with van der Waals surface area (Å²) in [5.74, 6) is 1.21. The summed E-state index contributed by atoms with van der Waals surface area (Å²) in [7, 11) is 0. The number of hydrogen-bond acceptors (Lipinski definition) is 2. The molecule has 0 saturated heterocycles. The average molecular weight is 198 g/mol. The van der Waals surface area contributed by atoms with Gasteiger partial charge in [0.25, 0.3) is 0 Å². The Morgan fingerprint density at radius 3 is 2.71 bits per heavy atom. The lowest BCUT2D eigenvalue weighted by Gasteiger charge is -2.34. The Hall–Kier alpha value is -0.530. The molecule has 1 aliphatic carbocycles. The molecule has 1 fully saturated rings. The van der Waals surface area contributed by atoms with E-state index in [1.165, 1.54) is 32.6 Å². The molecule has 82 valence electrons. The van der Waals surface area contributed by atoms with Crippen LogP contribution >= 0.6 is 0 Å². The third-order valence-corrected chi connectivity index (χ3v) is 3.17. The van der Waals surface area contributed by atoms with Crippen LogP contribution in [-0.2, 0) is 9.53 Å². The smallest absolute Gasteiger partial charge is 0.302 e. The van der Waals surface area contributed by atoms with E-state index in [1.54, 1.807) is 0 Å². The predicted molar refractivity (Wildman–Crippen MR) is 57.0 cm³/mol. The first kappa shape index (κ1) is 11.5. The SMILES string of the molecule is CCCC1CCC(C)CC1OC(C)=O. The van der Waals surface area contributed by atoms with Crippen LogP contribution < -0.4 is 0 Å². The molecule has 0 heterocycles. The summed E-state index contributed by atoms with van der Waals surface area (Å²) in [4.78, 5) is 10.9. The first-order valence-corrected chi connectivity index (χ1v) is 5.80. The van der Waals surface area contributed by atoms with Gasteiger partial charge in [0.2, 0.25) is 0 Å². The lowest BCUT2D eigenvalue weighted by Crippen LogP contribution is -2.32. The van der Waals surface area contributed by atoms with E-state index in [9.17, 15) is 4.79 Å². The number of ether oxygens (including phenoxy) is 1. The standard InChI is InChI=1S/C12H22O2/c1-4-5-11-7-6-9(2)8-12(11)14-10(3)13/h9,11-12H,4-8H2,1-3H3. The summed E-state index contributed by atoms with van der Waals surface area (Å²) in [6.07, 6.45) is 6.16. The van der Waals surface area contributed by atoms with Crippen LogP contribution in [0.25, 0.3) is 0 Å². The molecule has 3 unspecified atom stereocenters. The summed E-state index contributed by atoms with van der Waals surface area (Å²) in [5.41, 5.74) is 0. The average Bonchev–Trinajstić information content (AvgIpc) is 2.09. The van der Waals surface area contributed by atoms with E-state index >= 15 is 0 Å². The molecule has 2 heteroatoms. The first-order valence-electron chi connectivity index (χ1n) is 5.80. The van der Waals surface area contributed by atoms with E-state index in [4.69, 9.17) is 4.74 Å². The van der Waals surface area contributed by atoms with Gasteiger partial charge >= 0.3 is 5.97 Å². The van der Waals surface area contributed by atoms with Crippen LogP contribution in [0.4, 0.5) is 0 Å². The van der Waals surface area contributed by atoms with Crippen molar-refractivity contribution in [3.05, 3.63) is 0 Å². The van der Waals surface area contributed by atoms with Crippen LogP contribution in [0.3, 0.4) is 0 Å². The molecule has 0 aromatic carbocycles. The van der Waals surface area contributed by atoms with Gasteiger partial charge in [-0.15, -0.1) is 0 Å². The van der Waals surface area contributed by atoms with Gasteiger partial charge < -0.3 is 4.74 Å². The van der Waals surface area contributed by atoms with E-state index in [-0.39, 0.29) is 12.1 Å². The Morgan fingerprint density at radius 1 is 1.43 bits per heavy atom. The Morgan fingerprint density at radius 2 is 2.14 bits per heavy atom. The van der Waals surface area contributed by atoms with E-state index in [0.29, 0.717) is 11.8 Å². The molecule has 1 saturated carbocycles. The van der Waals surface area contributed by atoms with Crippen molar-refractivity contribution in [2.75, 3.05) is 0 Å². The van der Waals surface area contributed by atoms with Crippen molar-refractivity contribution in [1.29, 1.82) is 0 Å². The number of rotatable bonds is 3. The van der Waals surface area contributed by atoms with Gasteiger partial charge in [0, 0.05) is 6.92 Å². The zero-order chi connectivity index (χ0) is 10.6. The van der Waals surface area contributed by atoms with Crippen LogP contribution in [0.2, 0.25) is 0 Å². The number of hydrogen-bond donors (Lipinski definition) is 0. The topological polar surface area (TPSA) is 26.3 Å². The molecular formula is C12H22O2. The highest BCUT2D eigenvalue weighted by molar-refractivity contribution is 5.66. The highest BCUT2D eigenvalue weighted by atomic mass is 16.5. The maximum Gasteiger partial charge on any atom is 0.302 e. The van der Waals surface area contributed by atoms with E-state index in [1.807, 2.05) is 0 Å². The minimum Gasteiger partial charge on any atom is -0.462 e. The van der Waals surface area contributed by atoms with Gasteiger partial charge in [-0.1, -0.05) is 26.7 Å². The fraction of sp³-hybridized carbons (Fsp3) is 0.917. The van der Waals surface area contributed by atoms with Crippen LogP contribution in [-0.4, -0.2) is 12.1 Å². The molecule has 0 radical (unpaired) electrons. The summed E-state index contributed by atoms with van der Waals surface area (Å²) in [6, 6.07) is 0. The molecule has 0 amide bonds. The van der Waals surface area contributed by atoms with Crippen molar-refractivity contribution < 1.29 is 9.53 Å². The molecule has 0 N–H and O–H groups in total. The number of esters is 1. The maximum absolute atomic E-state index is 10.9. The molecular weight excluding hydrogens is 176 g/mol. The van der Waals surface area contributed by atoms with Crippen molar-refractivity contribution >= 4 is 5.97 Å². The van der Waals surface area contributed by atoms with Crippen molar-refractivity contribution in [2.24, 2.45) is 11.8 Å². The molecule has 14 heavy (non-hydrogen) atoms. The molecule has 2 nitrogen and oxygen atoms in total. The highest BCUT2D eigenvalue weighted by Gasteiger charge is 2.29. The zero-order valence-electron chi connectivity index (χ0n) is 9.58. The Bertz CT molecular complexity index is 189. The van der Waals surface area contributed by atoms with Crippen LogP contribution in [0.5, 0.6) is 0 Å². The summed E-state index contributed by atoms with van der Waals surface area (Å²) >= 11 is 0. The normalized spacial score (nSPS) is 32.6. The fourth-order valence-corrected chi connectivity index (χ4v) is 2.45. The molecule has 0 aliphatic heterocycles. The molecule has 0 bridgehead atoms. The van der Waals surface area contributed by atoms with Gasteiger partial charge in [-0.25, -0.2) is 0 Å². The third kappa shape index (κ3) is 3.32. The Kier molecular flexibility index (Phi) is 4.43. The maximum atomic E-state index is 10.9. The minimum absolute atomic E-state index is 0.120. The molecule has 0 aromatic rings. The number of carbonyl (C=O) groups excluding carboxylic acids is 1. The predicted octanol–water partition coefficient (Wildman–Crippen LogP) is 3.15. The van der Waals surface area contributed by atoms with Crippen molar-refractivity contribution in [3.8, 4) is 0 Å². The summed E-state index contributed by atoms with van der Waals surface area (Å²) < 4.78 is 5.39. The lowest BCUT2D eigenvalue weighted by atomic mass is 9.78. The lowest BCUT2D eigenvalue weighted by molar-refractivity contribution is -0.152. The third-order valence-electron chi connectivity index (χ3n) is 3.17. The van der Waals surface area contributed by atoms with Crippen LogP contribution in [0.1, 0.15) is 52.9 Å². The van der Waals surface area contributed by atoms with E-state index < -0.39 is 0 Å². The second-order valence-electron chi connectivity index (χ2n) is 4.61. The zero-order valence-corrected chi connectivity index (χ0v) is 9.58. The molecule has 1 aliphatic rings. The highest BCUT2D eigenvalue weighted by Crippen LogP contribution is 2.33. The fourth-order valence-electron chi connectivity index (χ4n) is 2.45. The van der Waals surface area contributed by atoms with Crippen molar-refractivity contribution in [3.63, 3.8) is 0 Å². The summed E-state index contributed by atoms with van der Waals surface area (Å²) in [5, 5.41) is 0. The van der Waals surface area contributed by atoms with Gasteiger partial charge in [0.1, 0.15) is 6.10 Å². The molecule has 0 spiro atoms. The van der Waals surface area contributed by atoms with Gasteiger partial charge in [-0.3, -0.25) is 4.79 Å². The Balaban J connectivity index is 2.49. The molecule has 1 rings (SSSR count). The van der Waals surface area contributed by atoms with Gasteiger partial charge in [-0.05, 0) is 31.1 Å². The van der Waals surface area contributed by atoms with E-state index in [0.717, 1.165) is 6.42 Å². The van der Waals surface area contributed by atoms with Crippen molar-refractivity contribution in [2.45, 2.75) is 59.0 Å². The molecule has 0 aromatic heterocycles. The second-order valence-corrected chi connectivity index (χ2v) is 4.61. The monoisotopic (exact) mass is 198 g/mol. The van der Waals surface area contributed by atoms with Crippen molar-refractivity contribution in [1.82, 2.24) is 0 Å². The quantitative estimate of drug-likeness (QED) is 0.651.